The van der Waals surface area contributed by atoms with Gasteiger partial charge in [-0.05, 0) is 62.6 Å². The molecule has 1 atom stereocenters. The highest BCUT2D eigenvalue weighted by Gasteiger charge is 2.14. The van der Waals surface area contributed by atoms with Crippen molar-refractivity contribution in [3.05, 3.63) is 72.1 Å². The molecule has 1 heterocycles. The predicted octanol–water partition coefficient (Wildman–Crippen LogP) is 10.2. The van der Waals surface area contributed by atoms with E-state index in [0.29, 0.717) is 35.1 Å². The minimum absolute atomic E-state index is 0.134. The van der Waals surface area contributed by atoms with Crippen molar-refractivity contribution in [2.24, 2.45) is 0 Å². The van der Waals surface area contributed by atoms with E-state index in [-0.39, 0.29) is 12.1 Å². The molecule has 3 rings (SSSR count). The van der Waals surface area contributed by atoms with Gasteiger partial charge in [0, 0.05) is 5.56 Å². The quantitative estimate of drug-likeness (QED) is 0.0630. The molecule has 0 spiro atoms. The van der Waals surface area contributed by atoms with Gasteiger partial charge < -0.3 is 14.2 Å². The summed E-state index contributed by atoms with van der Waals surface area (Å²) in [6.45, 7) is 7.01. The van der Waals surface area contributed by atoms with Gasteiger partial charge in [-0.2, -0.15) is 0 Å². The van der Waals surface area contributed by atoms with Gasteiger partial charge in [-0.15, -0.1) is 0 Å². The second-order valence-corrected chi connectivity index (χ2v) is 11.8. The molecule has 0 aliphatic carbocycles. The molecule has 7 heteroatoms. The maximum atomic E-state index is 12.7. The first-order valence-corrected chi connectivity index (χ1v) is 17.1. The van der Waals surface area contributed by atoms with Crippen molar-refractivity contribution in [3.8, 4) is 22.9 Å². The van der Waals surface area contributed by atoms with E-state index in [0.717, 1.165) is 31.2 Å². The minimum atomic E-state index is -0.491. The Morgan fingerprint density at radius 3 is 1.73 bits per heavy atom. The first kappa shape index (κ1) is 35.7. The molecule has 0 radical (unpaired) electrons. The maximum Gasteiger partial charge on any atom is 0.343 e. The van der Waals surface area contributed by atoms with Crippen LogP contribution in [0.2, 0.25) is 0 Å². The Bertz CT molecular complexity index is 1240. The summed E-state index contributed by atoms with van der Waals surface area (Å²) in [5.41, 5.74) is 1.61. The molecule has 0 unspecified atom stereocenters. The average molecular weight is 617 g/mol. The van der Waals surface area contributed by atoms with E-state index < -0.39 is 5.97 Å². The average Bonchev–Trinajstić information content (AvgIpc) is 3.06. The van der Waals surface area contributed by atoms with Gasteiger partial charge in [0.2, 0.25) is 0 Å². The number of esters is 2. The fraction of sp³-hybridized carbons (Fsp3) is 0.526. The third-order valence-corrected chi connectivity index (χ3v) is 7.85. The lowest BCUT2D eigenvalue weighted by Crippen LogP contribution is -2.15. The molecule has 0 amide bonds. The van der Waals surface area contributed by atoms with E-state index >= 15 is 0 Å². The number of ether oxygens (including phenoxy) is 3. The molecule has 0 saturated heterocycles. The molecule has 0 saturated carbocycles. The first-order chi connectivity index (χ1) is 22.0. The fourth-order valence-electron chi connectivity index (χ4n) is 5.07. The van der Waals surface area contributed by atoms with Gasteiger partial charge in [0.1, 0.15) is 5.75 Å². The predicted molar refractivity (Wildman–Crippen MR) is 180 cm³/mol. The number of benzene rings is 2. The Morgan fingerprint density at radius 2 is 1.13 bits per heavy atom. The molecule has 0 bridgehead atoms. The second kappa shape index (κ2) is 21.1. The summed E-state index contributed by atoms with van der Waals surface area (Å²) < 4.78 is 16.9. The van der Waals surface area contributed by atoms with Crippen LogP contribution in [0.1, 0.15) is 138 Å². The van der Waals surface area contributed by atoms with Crippen LogP contribution in [0.25, 0.3) is 11.4 Å². The second-order valence-electron chi connectivity index (χ2n) is 11.8. The Balaban J connectivity index is 1.37. The highest BCUT2D eigenvalue weighted by atomic mass is 16.5. The summed E-state index contributed by atoms with van der Waals surface area (Å²) in [5, 5.41) is 0. The standard InChI is InChI=1S/C38H52N2O5/c1-4-6-8-10-11-12-13-14-15-17-27-43-35-28-39-36(40-29-35)31-19-21-32(22-20-31)38(42)45-34-25-23-33(24-26-34)37(41)44-30(3)18-16-9-7-5-2/h19-26,28-30H,4-18,27H2,1-3H3/t30-/m1/s1. The highest BCUT2D eigenvalue weighted by molar-refractivity contribution is 5.92. The van der Waals surface area contributed by atoms with Crippen LogP contribution in [0.3, 0.4) is 0 Å². The number of rotatable bonds is 22. The number of nitrogens with zero attached hydrogens (tertiary/aromatic N) is 2. The molecular weight excluding hydrogens is 564 g/mol. The summed E-state index contributed by atoms with van der Waals surface area (Å²) in [6, 6.07) is 13.4. The van der Waals surface area contributed by atoms with Crippen LogP contribution >= 0.6 is 0 Å². The molecule has 0 aliphatic heterocycles. The molecule has 7 nitrogen and oxygen atoms in total. The minimum Gasteiger partial charge on any atom is -0.490 e. The molecule has 45 heavy (non-hydrogen) atoms. The third kappa shape index (κ3) is 13.8. The zero-order chi connectivity index (χ0) is 32.1. The number of carbonyl (C=O) groups excluding carboxylic acids is 2. The summed E-state index contributed by atoms with van der Waals surface area (Å²) >= 11 is 0. The van der Waals surface area contributed by atoms with Crippen LogP contribution in [-0.4, -0.2) is 34.6 Å². The van der Waals surface area contributed by atoms with E-state index in [1.165, 1.54) is 70.6 Å². The maximum absolute atomic E-state index is 12.7. The zero-order valence-electron chi connectivity index (χ0n) is 27.6. The molecule has 244 valence electrons. The highest BCUT2D eigenvalue weighted by Crippen LogP contribution is 2.20. The monoisotopic (exact) mass is 616 g/mol. The molecule has 0 fully saturated rings. The molecule has 2 aromatic carbocycles. The summed E-state index contributed by atoms with van der Waals surface area (Å²) in [7, 11) is 0. The van der Waals surface area contributed by atoms with Crippen LogP contribution in [0.5, 0.6) is 11.5 Å². The number of hydrogen-bond donors (Lipinski definition) is 0. The van der Waals surface area contributed by atoms with Gasteiger partial charge in [-0.25, -0.2) is 19.6 Å². The van der Waals surface area contributed by atoms with Gasteiger partial charge >= 0.3 is 11.9 Å². The van der Waals surface area contributed by atoms with Crippen molar-refractivity contribution in [2.45, 2.75) is 123 Å². The number of aromatic nitrogens is 2. The van der Waals surface area contributed by atoms with Gasteiger partial charge in [0.25, 0.3) is 0 Å². The van der Waals surface area contributed by atoms with Crippen molar-refractivity contribution in [1.29, 1.82) is 0 Å². The van der Waals surface area contributed by atoms with E-state index in [1.807, 2.05) is 6.92 Å². The first-order valence-electron chi connectivity index (χ1n) is 17.1. The van der Waals surface area contributed by atoms with Gasteiger partial charge in [-0.3, -0.25) is 0 Å². The smallest absolute Gasteiger partial charge is 0.343 e. The van der Waals surface area contributed by atoms with Crippen LogP contribution in [0, 0.1) is 0 Å². The van der Waals surface area contributed by atoms with Gasteiger partial charge in [-0.1, -0.05) is 103 Å². The van der Waals surface area contributed by atoms with Gasteiger partial charge in [0.15, 0.2) is 11.6 Å². The Kier molecular flexibility index (Phi) is 16.7. The number of carbonyl (C=O) groups is 2. The summed E-state index contributed by atoms with van der Waals surface area (Å²) in [4.78, 5) is 34.0. The van der Waals surface area contributed by atoms with Crippen LogP contribution in [0.4, 0.5) is 0 Å². The van der Waals surface area contributed by atoms with Crippen LogP contribution in [0.15, 0.2) is 60.9 Å². The van der Waals surface area contributed by atoms with Crippen molar-refractivity contribution in [1.82, 2.24) is 9.97 Å². The molecular formula is C38H52N2O5. The number of hydrogen-bond acceptors (Lipinski definition) is 7. The number of unbranched alkanes of at least 4 members (excludes halogenated alkanes) is 12. The van der Waals surface area contributed by atoms with E-state index in [1.54, 1.807) is 60.9 Å². The van der Waals surface area contributed by atoms with Crippen molar-refractivity contribution >= 4 is 11.9 Å². The van der Waals surface area contributed by atoms with E-state index in [4.69, 9.17) is 14.2 Å². The topological polar surface area (TPSA) is 87.6 Å². The molecule has 0 aliphatic rings. The Morgan fingerprint density at radius 1 is 0.622 bits per heavy atom. The SMILES string of the molecule is CCCCCCCCCCCCOc1cnc(-c2ccc(C(=O)Oc3ccc(C(=O)O[C@H](C)CCCCCC)cc3)cc2)nc1. The van der Waals surface area contributed by atoms with Crippen LogP contribution in [-0.2, 0) is 4.74 Å². The Hall–Kier alpha value is -3.74. The van der Waals surface area contributed by atoms with Crippen molar-refractivity contribution in [2.75, 3.05) is 6.61 Å². The zero-order valence-corrected chi connectivity index (χ0v) is 27.6. The van der Waals surface area contributed by atoms with Crippen molar-refractivity contribution < 1.29 is 23.8 Å². The van der Waals surface area contributed by atoms with E-state index in [9.17, 15) is 9.59 Å². The molecule has 3 aromatic rings. The van der Waals surface area contributed by atoms with Crippen LogP contribution < -0.4 is 9.47 Å². The molecule has 1 aromatic heterocycles. The van der Waals surface area contributed by atoms with Crippen molar-refractivity contribution in [3.63, 3.8) is 0 Å². The summed E-state index contributed by atoms with van der Waals surface area (Å²) in [6.07, 6.45) is 21.6. The Labute approximate surface area is 270 Å². The third-order valence-electron chi connectivity index (χ3n) is 7.85. The largest absolute Gasteiger partial charge is 0.490 e. The lowest BCUT2D eigenvalue weighted by molar-refractivity contribution is 0.0319. The summed E-state index contributed by atoms with van der Waals surface area (Å²) in [5.74, 6) is 0.701. The molecule has 0 N–H and O–H groups in total. The lowest BCUT2D eigenvalue weighted by atomic mass is 10.1. The van der Waals surface area contributed by atoms with Gasteiger partial charge in [0.05, 0.1) is 36.2 Å². The normalized spacial score (nSPS) is 11.6. The van der Waals surface area contributed by atoms with E-state index in [2.05, 4.69) is 23.8 Å². The lowest BCUT2D eigenvalue weighted by Gasteiger charge is -2.13. The fourth-order valence-corrected chi connectivity index (χ4v) is 5.07.